The summed E-state index contributed by atoms with van der Waals surface area (Å²) in [6.07, 6.45) is -0.216. The lowest BCUT2D eigenvalue weighted by Gasteiger charge is -2.21. The van der Waals surface area contributed by atoms with Gasteiger partial charge in [-0.2, -0.15) is 5.26 Å². The second-order valence-corrected chi connectivity index (χ2v) is 6.14. The third kappa shape index (κ3) is 5.86. The number of hydrogen-bond donors (Lipinski definition) is 1. The predicted molar refractivity (Wildman–Crippen MR) is 95.0 cm³/mol. The highest BCUT2D eigenvalue weighted by Crippen LogP contribution is 2.17. The van der Waals surface area contributed by atoms with Crippen molar-refractivity contribution in [3.63, 3.8) is 0 Å². The molecule has 4 nitrogen and oxygen atoms in total. The second kappa shape index (κ2) is 9.29. The Morgan fingerprint density at radius 2 is 1.92 bits per heavy atom. The molecule has 0 aliphatic heterocycles. The number of ether oxygens (including phenoxy) is 1. The molecule has 1 atom stereocenters. The Kier molecular flexibility index (Phi) is 7.07. The highest BCUT2D eigenvalue weighted by Gasteiger charge is 2.11. The van der Waals surface area contributed by atoms with Crippen molar-refractivity contribution in [3.8, 4) is 11.8 Å². The Bertz CT molecular complexity index is 683. The molecular weight excluding hydrogens is 324 g/mol. The zero-order valence-corrected chi connectivity index (χ0v) is 14.4. The van der Waals surface area contributed by atoms with Gasteiger partial charge in [-0.25, -0.2) is 0 Å². The largest absolute Gasteiger partial charge is 0.491 e. The molecule has 0 radical (unpaired) electrons. The Hall–Kier alpha value is -2.06. The molecule has 0 fully saturated rings. The molecule has 24 heavy (non-hydrogen) atoms. The van der Waals surface area contributed by atoms with E-state index in [2.05, 4.69) is 6.07 Å². The number of nitrogens with zero attached hydrogens (tertiary/aromatic N) is 2. The molecule has 2 aromatic carbocycles. The van der Waals surface area contributed by atoms with Crippen LogP contribution in [0, 0.1) is 11.3 Å². The zero-order chi connectivity index (χ0) is 17.4. The summed E-state index contributed by atoms with van der Waals surface area (Å²) in [6, 6.07) is 17.1. The third-order valence-electron chi connectivity index (χ3n) is 3.57. The van der Waals surface area contributed by atoms with Crippen LogP contribution in [-0.4, -0.2) is 36.3 Å². The van der Waals surface area contributed by atoms with Gasteiger partial charge >= 0.3 is 0 Å². The molecule has 0 aliphatic rings. The predicted octanol–water partition coefficient (Wildman–Crippen LogP) is 3.28. The topological polar surface area (TPSA) is 56.5 Å². The summed E-state index contributed by atoms with van der Waals surface area (Å²) < 4.78 is 5.59. The van der Waals surface area contributed by atoms with Crippen molar-refractivity contribution >= 4 is 11.6 Å². The maximum absolute atomic E-state index is 10.1. The molecule has 0 aromatic heterocycles. The van der Waals surface area contributed by atoms with Gasteiger partial charge in [0.15, 0.2) is 0 Å². The van der Waals surface area contributed by atoms with E-state index in [1.807, 2.05) is 60.5 Å². The molecule has 0 unspecified atom stereocenters. The highest BCUT2D eigenvalue weighted by atomic mass is 35.5. The fourth-order valence-corrected chi connectivity index (χ4v) is 2.58. The van der Waals surface area contributed by atoms with Gasteiger partial charge in [-0.05, 0) is 36.4 Å². The summed E-state index contributed by atoms with van der Waals surface area (Å²) in [5, 5.41) is 19.5. The van der Waals surface area contributed by atoms with Crippen molar-refractivity contribution in [2.45, 2.75) is 19.1 Å². The fraction of sp³-hybridized carbons (Fsp3) is 0.316. The summed E-state index contributed by atoms with van der Waals surface area (Å²) in [5.41, 5.74) is 1.98. The lowest BCUT2D eigenvalue weighted by molar-refractivity contribution is 0.0744. The second-order valence-electron chi connectivity index (χ2n) is 5.73. The quantitative estimate of drug-likeness (QED) is 0.798. The van der Waals surface area contributed by atoms with Crippen LogP contribution in [0.1, 0.15) is 11.1 Å². The minimum absolute atomic E-state index is 0.213. The molecule has 0 spiro atoms. The van der Waals surface area contributed by atoms with Crippen LogP contribution in [-0.2, 0) is 13.0 Å². The Morgan fingerprint density at radius 3 is 2.58 bits per heavy atom. The van der Waals surface area contributed by atoms with Crippen molar-refractivity contribution in [2.24, 2.45) is 0 Å². The first kappa shape index (κ1) is 18.3. The summed E-state index contributed by atoms with van der Waals surface area (Å²) >= 11 is 6.15. The van der Waals surface area contributed by atoms with Crippen LogP contribution >= 0.6 is 11.6 Å². The molecule has 0 heterocycles. The molecule has 126 valence electrons. The Balaban J connectivity index is 1.77. The average Bonchev–Trinajstić information content (AvgIpc) is 2.56. The van der Waals surface area contributed by atoms with Crippen LogP contribution in [0.4, 0.5) is 0 Å². The zero-order valence-electron chi connectivity index (χ0n) is 13.7. The lowest BCUT2D eigenvalue weighted by atomic mass is 10.2. The van der Waals surface area contributed by atoms with Gasteiger partial charge in [-0.15, -0.1) is 0 Å². The maximum Gasteiger partial charge on any atom is 0.119 e. The van der Waals surface area contributed by atoms with Crippen molar-refractivity contribution < 1.29 is 9.84 Å². The van der Waals surface area contributed by atoms with Gasteiger partial charge in [0.1, 0.15) is 18.5 Å². The number of halogens is 1. The number of hydrogen-bond acceptors (Lipinski definition) is 4. The van der Waals surface area contributed by atoms with E-state index in [4.69, 9.17) is 21.6 Å². The lowest BCUT2D eigenvalue weighted by Crippen LogP contribution is -2.32. The summed E-state index contributed by atoms with van der Waals surface area (Å²) in [7, 11) is 1.93. The van der Waals surface area contributed by atoms with Gasteiger partial charge in [-0.3, -0.25) is 4.90 Å². The van der Waals surface area contributed by atoms with Crippen LogP contribution in [0.3, 0.4) is 0 Å². The summed E-state index contributed by atoms with van der Waals surface area (Å²) in [6.45, 7) is 1.36. The van der Waals surface area contributed by atoms with E-state index in [0.717, 1.165) is 16.1 Å². The summed E-state index contributed by atoms with van der Waals surface area (Å²) in [4.78, 5) is 2.01. The Morgan fingerprint density at radius 1 is 1.21 bits per heavy atom. The average molecular weight is 345 g/mol. The minimum Gasteiger partial charge on any atom is -0.491 e. The number of likely N-dealkylation sites (N-methyl/N-ethyl adjacent to an activating group) is 1. The van der Waals surface area contributed by atoms with Crippen LogP contribution in [0.25, 0.3) is 0 Å². The standard InChI is InChI=1S/C19H21ClN2O2/c1-22(12-16-4-2-3-5-19(16)20)13-17(23)14-24-18-8-6-15(7-9-18)10-11-21/h2-9,17,23H,10,12-14H2,1H3/t17-/m1/s1. The van der Waals surface area contributed by atoms with E-state index >= 15 is 0 Å². The molecule has 2 rings (SSSR count). The first-order valence-electron chi connectivity index (χ1n) is 7.77. The highest BCUT2D eigenvalue weighted by molar-refractivity contribution is 6.31. The van der Waals surface area contributed by atoms with E-state index in [9.17, 15) is 5.11 Å². The third-order valence-corrected chi connectivity index (χ3v) is 3.94. The first-order chi connectivity index (χ1) is 11.6. The number of rotatable bonds is 8. The molecular formula is C19H21ClN2O2. The molecule has 0 bridgehead atoms. The van der Waals surface area contributed by atoms with Gasteiger partial charge in [0, 0.05) is 18.1 Å². The number of aliphatic hydroxyl groups is 1. The van der Waals surface area contributed by atoms with Crippen molar-refractivity contribution in [1.29, 1.82) is 5.26 Å². The van der Waals surface area contributed by atoms with Crippen LogP contribution < -0.4 is 4.74 Å². The molecule has 5 heteroatoms. The van der Waals surface area contributed by atoms with Crippen LogP contribution in [0.15, 0.2) is 48.5 Å². The molecule has 0 aliphatic carbocycles. The monoisotopic (exact) mass is 344 g/mol. The minimum atomic E-state index is -0.601. The van der Waals surface area contributed by atoms with Gasteiger partial charge in [-0.1, -0.05) is 41.9 Å². The Labute approximate surface area is 147 Å². The number of nitriles is 1. The van der Waals surface area contributed by atoms with Gasteiger partial charge in [0.05, 0.1) is 12.5 Å². The van der Waals surface area contributed by atoms with E-state index in [1.165, 1.54) is 0 Å². The van der Waals surface area contributed by atoms with Crippen LogP contribution in [0.5, 0.6) is 5.75 Å². The number of benzene rings is 2. The molecule has 0 amide bonds. The van der Waals surface area contributed by atoms with Crippen molar-refractivity contribution in [3.05, 3.63) is 64.7 Å². The smallest absolute Gasteiger partial charge is 0.119 e. The van der Waals surface area contributed by atoms with Gasteiger partial charge in [0.2, 0.25) is 0 Å². The summed E-state index contributed by atoms with van der Waals surface area (Å²) in [5.74, 6) is 0.685. The maximum atomic E-state index is 10.1. The normalized spacial score (nSPS) is 12.0. The van der Waals surface area contributed by atoms with E-state index in [0.29, 0.717) is 25.3 Å². The molecule has 0 saturated heterocycles. The molecule has 1 N–H and O–H groups in total. The van der Waals surface area contributed by atoms with E-state index in [1.54, 1.807) is 0 Å². The fourth-order valence-electron chi connectivity index (χ4n) is 2.38. The van der Waals surface area contributed by atoms with Gasteiger partial charge in [0.25, 0.3) is 0 Å². The molecule has 2 aromatic rings. The van der Waals surface area contributed by atoms with Crippen molar-refractivity contribution in [2.75, 3.05) is 20.2 Å². The van der Waals surface area contributed by atoms with E-state index < -0.39 is 6.10 Å². The van der Waals surface area contributed by atoms with Crippen LogP contribution in [0.2, 0.25) is 5.02 Å². The van der Waals surface area contributed by atoms with E-state index in [-0.39, 0.29) is 6.61 Å². The molecule has 0 saturated carbocycles. The first-order valence-corrected chi connectivity index (χ1v) is 8.15. The SMILES string of the molecule is CN(Cc1ccccc1Cl)C[C@@H](O)COc1ccc(CC#N)cc1. The van der Waals surface area contributed by atoms with Gasteiger partial charge < -0.3 is 9.84 Å². The van der Waals surface area contributed by atoms with Crippen molar-refractivity contribution in [1.82, 2.24) is 4.90 Å². The number of aliphatic hydroxyl groups excluding tert-OH is 1.